The quantitative estimate of drug-likeness (QED) is 0.676. The third-order valence-corrected chi connectivity index (χ3v) is 6.42. The molecule has 0 radical (unpaired) electrons. The first kappa shape index (κ1) is 18.6. The van der Waals surface area contributed by atoms with Crippen molar-refractivity contribution in [3.8, 4) is 5.69 Å². The Morgan fingerprint density at radius 2 is 1.64 bits per heavy atom. The van der Waals surface area contributed by atoms with Crippen LogP contribution in [0.3, 0.4) is 0 Å². The van der Waals surface area contributed by atoms with Crippen molar-refractivity contribution < 1.29 is 9.18 Å². The molecule has 144 valence electrons. The molecule has 1 aliphatic rings. The van der Waals surface area contributed by atoms with Crippen molar-refractivity contribution in [1.29, 1.82) is 0 Å². The lowest BCUT2D eigenvalue weighted by Gasteiger charge is -2.23. The average molecular weight is 397 g/mol. The first-order valence-corrected chi connectivity index (χ1v) is 9.92. The number of benzene rings is 2. The van der Waals surface area contributed by atoms with Crippen LogP contribution in [0.15, 0.2) is 59.4 Å². The van der Waals surface area contributed by atoms with Gasteiger partial charge in [-0.15, -0.1) is 11.8 Å². The molecule has 1 saturated heterocycles. The Morgan fingerprint density at radius 3 is 2.29 bits per heavy atom. The Balaban J connectivity index is 1.88. The number of rotatable bonds is 3. The average Bonchev–Trinajstić information content (AvgIpc) is 3.09. The number of anilines is 1. The number of amides is 1. The van der Waals surface area contributed by atoms with Gasteiger partial charge in [0.15, 0.2) is 0 Å². The molecular formula is C21H20FN3O2S. The Hall–Kier alpha value is -2.80. The molecule has 0 spiro atoms. The highest BCUT2D eigenvalue weighted by atomic mass is 32.2. The largest absolute Gasteiger partial charge is 0.295 e. The van der Waals surface area contributed by atoms with E-state index in [1.54, 1.807) is 33.4 Å². The van der Waals surface area contributed by atoms with Crippen LogP contribution in [-0.2, 0) is 11.8 Å². The number of nitrogens with zero attached hydrogens (tertiary/aromatic N) is 3. The highest BCUT2D eigenvalue weighted by Crippen LogP contribution is 2.45. The molecule has 5 nitrogen and oxygen atoms in total. The number of hydrogen-bond acceptors (Lipinski definition) is 3. The molecule has 1 aromatic heterocycles. The lowest BCUT2D eigenvalue weighted by molar-refractivity contribution is -0.117. The summed E-state index contributed by atoms with van der Waals surface area (Å²) in [4.78, 5) is 27.9. The van der Waals surface area contributed by atoms with Gasteiger partial charge in [-0.05, 0) is 43.7 Å². The number of aromatic nitrogens is 2. The van der Waals surface area contributed by atoms with Crippen LogP contribution in [0, 0.1) is 12.7 Å². The SMILES string of the molecule is Cc1c(N2C(=O)[C@@H](C)S[C@H]2c2ccc(F)cc2)c(=O)n(-c2ccccc2)n1C. The molecule has 1 aliphatic heterocycles. The van der Waals surface area contributed by atoms with Gasteiger partial charge in [0.1, 0.15) is 16.9 Å². The zero-order valence-electron chi connectivity index (χ0n) is 15.8. The van der Waals surface area contributed by atoms with E-state index in [-0.39, 0.29) is 27.9 Å². The predicted octanol–water partition coefficient (Wildman–Crippen LogP) is 3.79. The molecule has 0 bridgehead atoms. The molecule has 28 heavy (non-hydrogen) atoms. The summed E-state index contributed by atoms with van der Waals surface area (Å²) in [6.07, 6.45) is 0. The van der Waals surface area contributed by atoms with Gasteiger partial charge in [-0.25, -0.2) is 9.07 Å². The van der Waals surface area contributed by atoms with Crippen LogP contribution in [0.4, 0.5) is 10.1 Å². The van der Waals surface area contributed by atoms with Crippen molar-refractivity contribution in [2.75, 3.05) is 4.90 Å². The number of carbonyl (C=O) groups is 1. The van der Waals surface area contributed by atoms with E-state index in [1.807, 2.05) is 44.2 Å². The summed E-state index contributed by atoms with van der Waals surface area (Å²) in [5.74, 6) is -0.453. The zero-order valence-corrected chi connectivity index (χ0v) is 16.6. The molecule has 0 aliphatic carbocycles. The normalized spacial score (nSPS) is 19.4. The molecule has 2 atom stereocenters. The second kappa shape index (κ2) is 6.98. The van der Waals surface area contributed by atoms with Crippen molar-refractivity contribution >= 4 is 23.4 Å². The third-order valence-electron chi connectivity index (χ3n) is 5.07. The highest BCUT2D eigenvalue weighted by molar-refractivity contribution is 8.01. The van der Waals surface area contributed by atoms with Gasteiger partial charge >= 0.3 is 0 Å². The van der Waals surface area contributed by atoms with E-state index in [4.69, 9.17) is 0 Å². The van der Waals surface area contributed by atoms with Gasteiger partial charge in [0.05, 0.1) is 16.6 Å². The van der Waals surface area contributed by atoms with E-state index in [2.05, 4.69) is 0 Å². The number of halogens is 1. The van der Waals surface area contributed by atoms with E-state index in [0.29, 0.717) is 11.4 Å². The standard InChI is InChI=1S/C21H20FN3O2S/c1-13-18(20(27)25(23(13)3)17-7-5-4-6-8-17)24-19(26)14(2)28-21(24)15-9-11-16(22)12-10-15/h4-12,14,21H,1-3H3/t14-,21+/m1/s1. The van der Waals surface area contributed by atoms with Gasteiger partial charge in [0.25, 0.3) is 5.56 Å². The van der Waals surface area contributed by atoms with Gasteiger partial charge in [-0.3, -0.25) is 19.2 Å². The zero-order chi connectivity index (χ0) is 20.0. The summed E-state index contributed by atoms with van der Waals surface area (Å²) in [5.41, 5.74) is 2.33. The van der Waals surface area contributed by atoms with Crippen molar-refractivity contribution in [2.45, 2.75) is 24.5 Å². The van der Waals surface area contributed by atoms with Crippen molar-refractivity contribution in [2.24, 2.45) is 7.05 Å². The monoisotopic (exact) mass is 397 g/mol. The maximum Gasteiger partial charge on any atom is 0.295 e. The van der Waals surface area contributed by atoms with E-state index in [9.17, 15) is 14.0 Å². The summed E-state index contributed by atoms with van der Waals surface area (Å²) in [5, 5.41) is -0.666. The first-order valence-electron chi connectivity index (χ1n) is 8.98. The van der Waals surface area contributed by atoms with Crippen LogP contribution in [0.2, 0.25) is 0 Å². The number of thioether (sulfide) groups is 1. The molecule has 7 heteroatoms. The Labute approximate surface area is 166 Å². The smallest absolute Gasteiger partial charge is 0.288 e. The lowest BCUT2D eigenvalue weighted by Crippen LogP contribution is -2.34. The molecule has 3 aromatic rings. The van der Waals surface area contributed by atoms with Crippen LogP contribution < -0.4 is 10.5 Å². The molecule has 0 unspecified atom stereocenters. The van der Waals surface area contributed by atoms with Crippen molar-refractivity contribution in [3.05, 3.63) is 82.0 Å². The molecule has 2 heterocycles. The van der Waals surface area contributed by atoms with E-state index < -0.39 is 0 Å². The van der Waals surface area contributed by atoms with Gasteiger partial charge in [-0.1, -0.05) is 30.3 Å². The first-order chi connectivity index (χ1) is 13.4. The van der Waals surface area contributed by atoms with Crippen LogP contribution in [-0.4, -0.2) is 20.5 Å². The molecule has 0 N–H and O–H groups in total. The Kier molecular flexibility index (Phi) is 4.63. The summed E-state index contributed by atoms with van der Waals surface area (Å²) in [7, 11) is 1.80. The molecule has 0 saturated carbocycles. The maximum absolute atomic E-state index is 13.4. The second-order valence-corrected chi connectivity index (χ2v) is 8.23. The maximum atomic E-state index is 13.4. The number of para-hydroxylation sites is 1. The number of carbonyl (C=O) groups excluding carboxylic acids is 1. The topological polar surface area (TPSA) is 47.2 Å². The van der Waals surface area contributed by atoms with Crippen LogP contribution in [0.5, 0.6) is 0 Å². The molecule has 2 aromatic carbocycles. The van der Waals surface area contributed by atoms with Crippen molar-refractivity contribution in [1.82, 2.24) is 9.36 Å². The van der Waals surface area contributed by atoms with Gasteiger partial charge in [0, 0.05) is 7.05 Å². The molecule has 1 fully saturated rings. The van der Waals surface area contributed by atoms with Crippen LogP contribution in [0.1, 0.15) is 23.6 Å². The van der Waals surface area contributed by atoms with Gasteiger partial charge < -0.3 is 0 Å². The lowest BCUT2D eigenvalue weighted by atomic mass is 10.2. The predicted molar refractivity (Wildman–Crippen MR) is 109 cm³/mol. The fourth-order valence-corrected chi connectivity index (χ4v) is 4.80. The minimum Gasteiger partial charge on any atom is -0.288 e. The fourth-order valence-electron chi connectivity index (χ4n) is 3.54. The van der Waals surface area contributed by atoms with E-state index >= 15 is 0 Å². The second-order valence-electron chi connectivity index (χ2n) is 6.80. The molecule has 1 amide bonds. The van der Waals surface area contributed by atoms with Crippen LogP contribution >= 0.6 is 11.8 Å². The minimum absolute atomic E-state index is 0.120. The summed E-state index contributed by atoms with van der Waals surface area (Å²) >= 11 is 1.46. The Bertz CT molecular complexity index is 1090. The number of hydrogen-bond donors (Lipinski definition) is 0. The van der Waals surface area contributed by atoms with Gasteiger partial charge in [-0.2, -0.15) is 0 Å². The molecular weight excluding hydrogens is 377 g/mol. The van der Waals surface area contributed by atoms with Gasteiger partial charge in [0.2, 0.25) is 5.91 Å². The summed E-state index contributed by atoms with van der Waals surface area (Å²) < 4.78 is 16.7. The van der Waals surface area contributed by atoms with E-state index in [0.717, 1.165) is 11.3 Å². The van der Waals surface area contributed by atoms with Crippen LogP contribution in [0.25, 0.3) is 5.69 Å². The summed E-state index contributed by atoms with van der Waals surface area (Å²) in [6.45, 7) is 3.66. The Morgan fingerprint density at radius 1 is 1.00 bits per heavy atom. The van der Waals surface area contributed by atoms with Crippen molar-refractivity contribution in [3.63, 3.8) is 0 Å². The molecule has 4 rings (SSSR count). The fraction of sp³-hybridized carbons (Fsp3) is 0.238. The summed E-state index contributed by atoms with van der Waals surface area (Å²) in [6, 6.07) is 15.4. The highest BCUT2D eigenvalue weighted by Gasteiger charge is 2.42. The third kappa shape index (κ3) is 2.86. The minimum atomic E-state index is -0.374. The van der Waals surface area contributed by atoms with E-state index in [1.165, 1.54) is 23.9 Å².